The molecule has 0 radical (unpaired) electrons. The minimum atomic E-state index is -0.576. The molecule has 1 saturated carbocycles. The van der Waals surface area contributed by atoms with Crippen LogP contribution in [0.2, 0.25) is 0 Å². The zero-order valence-electron chi connectivity index (χ0n) is 19.0. The zero-order valence-corrected chi connectivity index (χ0v) is 19.0. The number of halogens is 1. The molecule has 2 N–H and O–H groups in total. The van der Waals surface area contributed by atoms with Gasteiger partial charge in [-0.25, -0.2) is 9.18 Å². The summed E-state index contributed by atoms with van der Waals surface area (Å²) in [6, 6.07) is 4.18. The number of carbonyl (C=O) groups is 2. The molecule has 1 aromatic heterocycles. The first kappa shape index (κ1) is 21.8. The maximum Gasteiger partial charge on any atom is 0.356 e. The number of hydrogen-bond acceptors (Lipinski definition) is 4. The summed E-state index contributed by atoms with van der Waals surface area (Å²) >= 11 is 0. The van der Waals surface area contributed by atoms with Gasteiger partial charge in [0.2, 0.25) is 5.91 Å². The van der Waals surface area contributed by atoms with Gasteiger partial charge in [-0.1, -0.05) is 20.8 Å². The number of carbonyl (C=O) groups excluding carboxylic acids is 2. The molecule has 7 heteroatoms. The van der Waals surface area contributed by atoms with E-state index in [0.29, 0.717) is 16.9 Å². The van der Waals surface area contributed by atoms with E-state index in [1.54, 1.807) is 13.0 Å². The van der Waals surface area contributed by atoms with Crippen molar-refractivity contribution in [1.29, 1.82) is 0 Å². The fourth-order valence-corrected chi connectivity index (χ4v) is 5.99. The molecule has 0 spiro atoms. The molecule has 2 heterocycles. The number of aromatic amines is 1. The Morgan fingerprint density at radius 1 is 1.32 bits per heavy atom. The van der Waals surface area contributed by atoms with Gasteiger partial charge in [0.05, 0.1) is 18.3 Å². The number of fused-ring (bicyclic) bond motifs is 3. The Hall–Kier alpha value is -2.41. The number of amides is 1. The Bertz CT molecular complexity index is 1030. The number of ether oxygens (including phenoxy) is 1. The normalized spacial score (nSPS) is 26.1. The summed E-state index contributed by atoms with van der Waals surface area (Å²) in [5.41, 5.74) is 1.45. The van der Waals surface area contributed by atoms with Crippen molar-refractivity contribution in [3.63, 3.8) is 0 Å². The van der Waals surface area contributed by atoms with Crippen LogP contribution >= 0.6 is 0 Å². The molecule has 2 fully saturated rings. The van der Waals surface area contributed by atoms with Crippen LogP contribution in [0.25, 0.3) is 10.9 Å². The molecule has 1 aliphatic heterocycles. The SMILES string of the molecule is CCOC(=O)c1[nH]c2ccc(F)cc2c1NC(=O)[C@@H](C)N1C[C@@]2(C)C[C@H]1CC(C)(C)C2. The van der Waals surface area contributed by atoms with Gasteiger partial charge in [0.1, 0.15) is 11.5 Å². The van der Waals surface area contributed by atoms with E-state index in [4.69, 9.17) is 4.74 Å². The van der Waals surface area contributed by atoms with E-state index in [0.717, 1.165) is 25.8 Å². The largest absolute Gasteiger partial charge is 0.461 e. The van der Waals surface area contributed by atoms with Gasteiger partial charge in [-0.15, -0.1) is 0 Å². The summed E-state index contributed by atoms with van der Waals surface area (Å²) in [5.74, 6) is -1.22. The van der Waals surface area contributed by atoms with Crippen molar-refractivity contribution in [2.45, 2.75) is 66.0 Å². The van der Waals surface area contributed by atoms with Crippen molar-refractivity contribution in [2.24, 2.45) is 10.8 Å². The number of nitrogens with one attached hydrogen (secondary N) is 2. The van der Waals surface area contributed by atoms with E-state index in [1.165, 1.54) is 12.1 Å². The molecule has 1 saturated heterocycles. The van der Waals surface area contributed by atoms with Gasteiger partial charge in [0.15, 0.2) is 0 Å². The van der Waals surface area contributed by atoms with Crippen LogP contribution in [0.4, 0.5) is 10.1 Å². The number of likely N-dealkylation sites (tertiary alicyclic amines) is 1. The number of hydrogen-bond donors (Lipinski definition) is 2. The Morgan fingerprint density at radius 2 is 2.06 bits per heavy atom. The molecule has 4 rings (SSSR count). The Kier molecular flexibility index (Phi) is 5.36. The average Bonchev–Trinajstić information content (AvgIpc) is 3.14. The van der Waals surface area contributed by atoms with Gasteiger partial charge in [-0.2, -0.15) is 0 Å². The van der Waals surface area contributed by atoms with Crippen molar-refractivity contribution in [3.8, 4) is 0 Å². The molecule has 1 aromatic carbocycles. The standard InChI is InChI=1S/C24H32FN3O3/c1-6-31-22(30)20-19(17-9-15(25)7-8-18(17)26-20)27-21(29)14(2)28-13-24(5)11-16(28)10-23(3,4)12-24/h7-9,14,16,26H,6,10-13H2,1-5H3,(H,27,29)/t14-,16-,24+/m1/s1. The lowest BCUT2D eigenvalue weighted by molar-refractivity contribution is -0.121. The molecule has 3 atom stereocenters. The second kappa shape index (κ2) is 7.62. The van der Waals surface area contributed by atoms with Crippen molar-refractivity contribution in [3.05, 3.63) is 29.7 Å². The van der Waals surface area contributed by atoms with Crippen LogP contribution in [0.3, 0.4) is 0 Å². The fourth-order valence-electron chi connectivity index (χ4n) is 5.99. The monoisotopic (exact) mass is 429 g/mol. The van der Waals surface area contributed by atoms with E-state index in [2.05, 4.69) is 36.0 Å². The quantitative estimate of drug-likeness (QED) is 0.675. The predicted octanol–water partition coefficient (Wildman–Crippen LogP) is 4.71. The minimum Gasteiger partial charge on any atom is -0.461 e. The van der Waals surface area contributed by atoms with Gasteiger partial charge in [-0.3, -0.25) is 9.69 Å². The molecule has 0 unspecified atom stereocenters. The highest BCUT2D eigenvalue weighted by Gasteiger charge is 2.51. The molecule has 2 aliphatic rings. The fraction of sp³-hybridized carbons (Fsp3) is 0.583. The number of rotatable bonds is 5. The van der Waals surface area contributed by atoms with E-state index in [9.17, 15) is 14.0 Å². The molecule has 6 nitrogen and oxygen atoms in total. The van der Waals surface area contributed by atoms with Crippen LogP contribution in [0.15, 0.2) is 18.2 Å². The third-order valence-corrected chi connectivity index (χ3v) is 6.82. The number of H-pyrrole nitrogens is 1. The maximum absolute atomic E-state index is 13.9. The van der Waals surface area contributed by atoms with Crippen molar-refractivity contribution < 1.29 is 18.7 Å². The summed E-state index contributed by atoms with van der Waals surface area (Å²) < 4.78 is 19.1. The summed E-state index contributed by atoms with van der Waals surface area (Å²) in [6.07, 6.45) is 3.31. The van der Waals surface area contributed by atoms with Crippen molar-refractivity contribution in [1.82, 2.24) is 9.88 Å². The second-order valence-electron chi connectivity index (χ2n) is 10.3. The third kappa shape index (κ3) is 4.07. The van der Waals surface area contributed by atoms with E-state index in [-0.39, 0.29) is 40.8 Å². The smallest absolute Gasteiger partial charge is 0.356 e. The third-order valence-electron chi connectivity index (χ3n) is 6.82. The maximum atomic E-state index is 13.9. The van der Waals surface area contributed by atoms with Crippen molar-refractivity contribution >= 4 is 28.5 Å². The highest BCUT2D eigenvalue weighted by Crippen LogP contribution is 2.53. The average molecular weight is 430 g/mol. The first-order valence-corrected chi connectivity index (χ1v) is 11.1. The predicted molar refractivity (Wildman–Crippen MR) is 119 cm³/mol. The highest BCUT2D eigenvalue weighted by molar-refractivity contribution is 6.11. The van der Waals surface area contributed by atoms with Gasteiger partial charge in [0.25, 0.3) is 0 Å². The number of aromatic nitrogens is 1. The number of benzene rings is 1. The van der Waals surface area contributed by atoms with Gasteiger partial charge in [0, 0.05) is 23.5 Å². The molecule has 2 aromatic rings. The van der Waals surface area contributed by atoms with Crippen LogP contribution in [-0.4, -0.2) is 47.0 Å². The summed E-state index contributed by atoms with van der Waals surface area (Å²) in [5, 5.41) is 3.37. The Balaban J connectivity index is 1.62. The molecule has 31 heavy (non-hydrogen) atoms. The summed E-state index contributed by atoms with van der Waals surface area (Å²) in [7, 11) is 0. The van der Waals surface area contributed by atoms with Crippen LogP contribution in [0.1, 0.15) is 64.4 Å². The topological polar surface area (TPSA) is 74.4 Å². The summed E-state index contributed by atoms with van der Waals surface area (Å²) in [6.45, 7) is 11.6. The first-order valence-electron chi connectivity index (χ1n) is 11.1. The second-order valence-corrected chi connectivity index (χ2v) is 10.3. The van der Waals surface area contributed by atoms with Crippen molar-refractivity contribution in [2.75, 3.05) is 18.5 Å². The Labute approximate surface area is 182 Å². The lowest BCUT2D eigenvalue weighted by Crippen LogP contribution is -2.45. The molecular formula is C24H32FN3O3. The van der Waals surface area contributed by atoms with Crippen LogP contribution in [-0.2, 0) is 9.53 Å². The molecule has 1 amide bonds. The molecule has 1 aliphatic carbocycles. The summed E-state index contributed by atoms with van der Waals surface area (Å²) in [4.78, 5) is 31.1. The lowest BCUT2D eigenvalue weighted by Gasteiger charge is -2.40. The van der Waals surface area contributed by atoms with Crippen LogP contribution < -0.4 is 5.32 Å². The number of esters is 1. The number of anilines is 1. The van der Waals surface area contributed by atoms with Crippen LogP contribution in [0.5, 0.6) is 0 Å². The van der Waals surface area contributed by atoms with Gasteiger partial charge >= 0.3 is 5.97 Å². The zero-order chi connectivity index (χ0) is 22.6. The first-order chi connectivity index (χ1) is 14.5. The van der Waals surface area contributed by atoms with Gasteiger partial charge in [-0.05, 0) is 62.1 Å². The molecular weight excluding hydrogens is 397 g/mol. The van der Waals surface area contributed by atoms with E-state index in [1.807, 2.05) is 6.92 Å². The van der Waals surface area contributed by atoms with E-state index >= 15 is 0 Å². The van der Waals surface area contributed by atoms with Crippen LogP contribution in [0, 0.1) is 16.6 Å². The Morgan fingerprint density at radius 3 is 2.77 bits per heavy atom. The number of nitrogens with zero attached hydrogens (tertiary/aromatic N) is 1. The van der Waals surface area contributed by atoms with Gasteiger partial charge < -0.3 is 15.0 Å². The highest BCUT2D eigenvalue weighted by atomic mass is 19.1. The molecule has 2 bridgehead atoms. The minimum absolute atomic E-state index is 0.135. The molecule has 168 valence electrons. The van der Waals surface area contributed by atoms with E-state index < -0.39 is 11.8 Å². The lowest BCUT2D eigenvalue weighted by atomic mass is 9.65.